The molecule has 0 bridgehead atoms. The van der Waals surface area contributed by atoms with Crippen molar-refractivity contribution in [2.75, 3.05) is 45.3 Å². The summed E-state index contributed by atoms with van der Waals surface area (Å²) >= 11 is 5.19. The molecule has 2 aliphatic heterocycles. The number of aromatic amines is 1. The summed E-state index contributed by atoms with van der Waals surface area (Å²) in [6.07, 6.45) is 3.44. The molecule has 6 nitrogen and oxygen atoms in total. The maximum Gasteiger partial charge on any atom is 0.150 e. The summed E-state index contributed by atoms with van der Waals surface area (Å²) in [5, 5.41) is 12.3. The van der Waals surface area contributed by atoms with E-state index >= 15 is 0 Å². The highest BCUT2D eigenvalue weighted by Crippen LogP contribution is 2.40. The highest BCUT2D eigenvalue weighted by atomic mass is 32.1. The number of nitrogens with one attached hydrogen (secondary N) is 2. The summed E-state index contributed by atoms with van der Waals surface area (Å²) < 4.78 is 6.17. The number of aromatic nitrogens is 2. The molecule has 25 heavy (non-hydrogen) atoms. The number of aliphatic hydroxyl groups excluding tert-OH is 1. The van der Waals surface area contributed by atoms with Gasteiger partial charge in [0.2, 0.25) is 0 Å². The molecule has 2 aliphatic rings. The van der Waals surface area contributed by atoms with Crippen LogP contribution in [0.15, 0.2) is 0 Å². The minimum Gasteiger partial charge on any atom is -0.390 e. The smallest absolute Gasteiger partial charge is 0.150 e. The van der Waals surface area contributed by atoms with E-state index in [9.17, 15) is 5.11 Å². The Labute approximate surface area is 157 Å². The van der Waals surface area contributed by atoms with Gasteiger partial charge in [0.05, 0.1) is 24.6 Å². The van der Waals surface area contributed by atoms with E-state index < -0.39 is 0 Å². The lowest BCUT2D eigenvalue weighted by Gasteiger charge is -2.39. The summed E-state index contributed by atoms with van der Waals surface area (Å²) in [5.41, 5.74) is 1.92. The van der Waals surface area contributed by atoms with Crippen LogP contribution < -0.4 is 10.2 Å². The monoisotopic (exact) mass is 370 g/mol. The second-order valence-corrected chi connectivity index (χ2v) is 6.81. The summed E-state index contributed by atoms with van der Waals surface area (Å²) in [5.74, 6) is 0.854. The molecule has 1 aromatic heterocycles. The fraction of sp³-hybridized carbons (Fsp3) is 0.778. The average molecular weight is 371 g/mol. The third-order valence-electron chi connectivity index (χ3n) is 4.60. The standard InChI is InChI=1S/C14H21N3O2S.C2H7N.C2H6/c1-10-13(20)16-11(8-18)12(15-10)17-5-2-14(3-6-17)4-7-19-9-14;1-3-2;1-2/h18H,2-9H2,1H3,(H,16,20);3H,1-2H3;1-2H3. The maximum absolute atomic E-state index is 9.51. The Hall–Kier alpha value is -1.02. The Bertz CT molecular complexity index is 561. The first-order chi connectivity index (χ1) is 12.0. The summed E-state index contributed by atoms with van der Waals surface area (Å²) in [6, 6.07) is 0. The van der Waals surface area contributed by atoms with E-state index in [0.29, 0.717) is 10.1 Å². The van der Waals surface area contributed by atoms with E-state index in [4.69, 9.17) is 17.0 Å². The van der Waals surface area contributed by atoms with E-state index in [1.54, 1.807) is 0 Å². The number of ether oxygens (including phenoxy) is 1. The summed E-state index contributed by atoms with van der Waals surface area (Å²) in [6.45, 7) is 9.58. The Morgan fingerprint density at radius 1 is 1.28 bits per heavy atom. The van der Waals surface area contributed by atoms with Crippen LogP contribution in [0.25, 0.3) is 0 Å². The highest BCUT2D eigenvalue weighted by Gasteiger charge is 2.38. The molecule has 7 heteroatoms. The van der Waals surface area contributed by atoms with Crippen LogP contribution in [0.5, 0.6) is 0 Å². The van der Waals surface area contributed by atoms with Crippen LogP contribution >= 0.6 is 12.2 Å². The fourth-order valence-electron chi connectivity index (χ4n) is 3.17. The van der Waals surface area contributed by atoms with Crippen molar-refractivity contribution in [3.8, 4) is 0 Å². The number of nitrogens with zero attached hydrogens (tertiary/aromatic N) is 2. The van der Waals surface area contributed by atoms with Gasteiger partial charge in [0.1, 0.15) is 4.64 Å². The van der Waals surface area contributed by atoms with Crippen LogP contribution in [0.1, 0.15) is 44.5 Å². The van der Waals surface area contributed by atoms with Crippen molar-refractivity contribution >= 4 is 18.0 Å². The van der Waals surface area contributed by atoms with E-state index in [0.717, 1.165) is 56.4 Å². The highest BCUT2D eigenvalue weighted by molar-refractivity contribution is 7.71. The van der Waals surface area contributed by atoms with Gasteiger partial charge in [-0.25, -0.2) is 4.98 Å². The topological polar surface area (TPSA) is 73.4 Å². The van der Waals surface area contributed by atoms with E-state index in [1.807, 2.05) is 34.9 Å². The molecule has 0 radical (unpaired) electrons. The Kier molecular flexibility index (Phi) is 9.56. The molecule has 1 spiro atoms. The molecule has 3 heterocycles. The quantitative estimate of drug-likeness (QED) is 0.695. The second kappa shape index (κ2) is 10.9. The van der Waals surface area contributed by atoms with Gasteiger partial charge in [-0.1, -0.05) is 26.1 Å². The Morgan fingerprint density at radius 3 is 2.36 bits per heavy atom. The minimum absolute atomic E-state index is 0.0585. The Balaban J connectivity index is 0.000000567. The largest absolute Gasteiger partial charge is 0.390 e. The lowest BCUT2D eigenvalue weighted by atomic mass is 9.78. The lowest BCUT2D eigenvalue weighted by molar-refractivity contribution is 0.133. The third-order valence-corrected chi connectivity index (χ3v) is 5.00. The van der Waals surface area contributed by atoms with Crippen molar-refractivity contribution in [3.63, 3.8) is 0 Å². The number of rotatable bonds is 2. The predicted octanol–water partition coefficient (Wildman–Crippen LogP) is 2.81. The van der Waals surface area contributed by atoms with Crippen molar-refractivity contribution < 1.29 is 9.84 Å². The third kappa shape index (κ3) is 5.74. The zero-order valence-electron chi connectivity index (χ0n) is 16.3. The van der Waals surface area contributed by atoms with Crippen molar-refractivity contribution in [3.05, 3.63) is 16.0 Å². The molecule has 0 atom stereocenters. The van der Waals surface area contributed by atoms with Gasteiger partial charge in [-0.2, -0.15) is 0 Å². The predicted molar refractivity (Wildman–Crippen MR) is 106 cm³/mol. The number of anilines is 1. The number of aliphatic hydroxyl groups is 1. The van der Waals surface area contributed by atoms with Gasteiger partial charge in [0.25, 0.3) is 0 Å². The molecule has 0 unspecified atom stereocenters. The molecule has 2 fully saturated rings. The first kappa shape index (κ1) is 22.0. The van der Waals surface area contributed by atoms with Crippen molar-refractivity contribution in [1.29, 1.82) is 0 Å². The zero-order valence-corrected chi connectivity index (χ0v) is 17.1. The first-order valence-electron chi connectivity index (χ1n) is 9.17. The van der Waals surface area contributed by atoms with Gasteiger partial charge in [-0.3, -0.25) is 0 Å². The number of hydrogen-bond donors (Lipinski definition) is 3. The van der Waals surface area contributed by atoms with E-state index in [1.165, 1.54) is 6.42 Å². The maximum atomic E-state index is 9.51. The number of aryl methyl sites for hydroxylation is 1. The molecule has 0 saturated carbocycles. The van der Waals surface area contributed by atoms with E-state index in [-0.39, 0.29) is 6.61 Å². The molecule has 0 aromatic carbocycles. The van der Waals surface area contributed by atoms with Crippen LogP contribution in [-0.4, -0.2) is 55.5 Å². The molecular weight excluding hydrogens is 336 g/mol. The molecule has 1 aromatic rings. The molecular formula is C18H34N4O2S. The number of H-pyrrole nitrogens is 1. The van der Waals surface area contributed by atoms with E-state index in [2.05, 4.69) is 20.2 Å². The van der Waals surface area contributed by atoms with Crippen molar-refractivity contribution in [2.24, 2.45) is 5.41 Å². The van der Waals surface area contributed by atoms with Crippen LogP contribution in [0, 0.1) is 17.0 Å². The molecule has 3 rings (SSSR count). The Morgan fingerprint density at radius 2 is 1.88 bits per heavy atom. The van der Waals surface area contributed by atoms with Gasteiger partial charge in [-0.05, 0) is 45.7 Å². The van der Waals surface area contributed by atoms with Gasteiger partial charge < -0.3 is 25.0 Å². The van der Waals surface area contributed by atoms with Crippen LogP contribution in [0.3, 0.4) is 0 Å². The molecule has 0 amide bonds. The van der Waals surface area contributed by atoms with Gasteiger partial charge in [0.15, 0.2) is 5.82 Å². The normalized spacial score (nSPS) is 18.2. The number of piperidine rings is 1. The van der Waals surface area contributed by atoms with Crippen molar-refractivity contribution in [2.45, 2.75) is 46.6 Å². The fourth-order valence-corrected chi connectivity index (χ4v) is 3.34. The molecule has 3 N–H and O–H groups in total. The van der Waals surface area contributed by atoms with Crippen LogP contribution in [0.2, 0.25) is 0 Å². The zero-order chi connectivity index (χ0) is 18.9. The van der Waals surface area contributed by atoms with Gasteiger partial charge in [0, 0.05) is 19.7 Å². The minimum atomic E-state index is -0.0585. The molecule has 2 saturated heterocycles. The second-order valence-electron chi connectivity index (χ2n) is 6.40. The van der Waals surface area contributed by atoms with Crippen LogP contribution in [0.4, 0.5) is 5.82 Å². The summed E-state index contributed by atoms with van der Waals surface area (Å²) in [4.78, 5) is 9.93. The number of hydrogen-bond acceptors (Lipinski definition) is 6. The lowest BCUT2D eigenvalue weighted by Crippen LogP contribution is -2.41. The molecule has 144 valence electrons. The summed E-state index contributed by atoms with van der Waals surface area (Å²) in [7, 11) is 3.75. The van der Waals surface area contributed by atoms with Crippen LogP contribution in [-0.2, 0) is 11.3 Å². The average Bonchev–Trinajstić information content (AvgIpc) is 3.08. The van der Waals surface area contributed by atoms with Gasteiger partial charge >= 0.3 is 0 Å². The van der Waals surface area contributed by atoms with Crippen molar-refractivity contribution in [1.82, 2.24) is 15.3 Å². The molecule has 0 aliphatic carbocycles. The SMILES string of the molecule is CC.CNC.Cc1nc(N2CCC3(CCOC3)CC2)c(CO)[nH]c1=S. The first-order valence-corrected chi connectivity index (χ1v) is 9.58. The van der Waals surface area contributed by atoms with Gasteiger partial charge in [-0.15, -0.1) is 0 Å².